The summed E-state index contributed by atoms with van der Waals surface area (Å²) >= 11 is 6.97. The fourth-order valence-electron chi connectivity index (χ4n) is 16.0. The van der Waals surface area contributed by atoms with Gasteiger partial charge in [0.05, 0.1) is 33.2 Å². The average Bonchev–Trinajstić information content (AvgIpc) is 1.68. The number of thiophene rings is 2. The maximum Gasteiger partial charge on any atom is 0.114 e. The Kier molecular flexibility index (Phi) is 23.1. The zero-order chi connectivity index (χ0) is 58.5. The van der Waals surface area contributed by atoms with Crippen LogP contribution >= 0.6 is 46.1 Å². The summed E-state index contributed by atoms with van der Waals surface area (Å²) in [6.07, 6.45) is 49.0. The van der Waals surface area contributed by atoms with Crippen molar-refractivity contribution in [3.63, 3.8) is 0 Å². The van der Waals surface area contributed by atoms with Crippen molar-refractivity contribution in [1.82, 2.24) is 17.5 Å². The second-order valence-electron chi connectivity index (χ2n) is 26.6. The van der Waals surface area contributed by atoms with E-state index in [1.807, 2.05) is 11.3 Å². The summed E-state index contributed by atoms with van der Waals surface area (Å²) in [6.45, 7) is 18.8. The standard InChI is InChI=1S/C76H106N4S4/c1-9-15-21-27-31-37-43-75(44-38-32-28-22-16-10-2)61-50-57-62(49-56(61)67-63(75)47-53(7)69-71(67)79-83-77-69)76(45-39-33-29-23-17-11-3,46-40-34-30-24-18-12-4)64-51-58(70-72(68(57)64)80-84-78-70)65-52-60-66(59-48-54(8)81-73(59)74(60)82-65)55(41-35-25-19-13-5)42-36-26-20-14-6/h47-52H,9-46H2,1-8H3. The van der Waals surface area contributed by atoms with Crippen LogP contribution in [0.25, 0.3) is 70.1 Å². The van der Waals surface area contributed by atoms with Gasteiger partial charge in [0.1, 0.15) is 22.1 Å². The SMILES string of the molecule is CCCCCCCCC1(CCCCCCCC)c2cc3c(cc2-c2c1cc(C)c1nsnc21)C(CCCCCCCC)(CCCCCCCC)c1cc(-c2cc4c(s2)-c2sc(C)cc2C4=C(CCCCCC)CCCCCC)c2nsnc2c1-3. The van der Waals surface area contributed by atoms with Crippen molar-refractivity contribution in [2.45, 2.75) is 310 Å². The molecule has 4 nitrogen and oxygen atoms in total. The topological polar surface area (TPSA) is 51.6 Å². The molecule has 3 aromatic carbocycles. The number of hydrogen-bond donors (Lipinski definition) is 0. The van der Waals surface area contributed by atoms with Crippen LogP contribution in [0.1, 0.15) is 329 Å². The van der Waals surface area contributed by atoms with Crippen LogP contribution in [0.15, 0.2) is 42.0 Å². The minimum atomic E-state index is -0.136. The number of benzene rings is 3. The predicted molar refractivity (Wildman–Crippen MR) is 372 cm³/mol. The van der Waals surface area contributed by atoms with Crippen molar-refractivity contribution in [2.75, 3.05) is 0 Å². The van der Waals surface area contributed by atoms with Crippen LogP contribution in [0.4, 0.5) is 0 Å². The molecule has 4 heterocycles. The third-order valence-electron chi connectivity index (χ3n) is 20.5. The number of aromatic nitrogens is 4. The van der Waals surface area contributed by atoms with E-state index in [-0.39, 0.29) is 10.8 Å². The second kappa shape index (κ2) is 30.6. The van der Waals surface area contributed by atoms with E-state index in [9.17, 15) is 0 Å². The Bertz CT molecular complexity index is 3240. The molecule has 8 heteroatoms. The van der Waals surface area contributed by atoms with Crippen LogP contribution in [0, 0.1) is 13.8 Å². The predicted octanol–water partition coefficient (Wildman–Crippen LogP) is 26.4. The molecule has 0 saturated heterocycles. The molecule has 0 amide bonds. The summed E-state index contributed by atoms with van der Waals surface area (Å²) < 4.78 is 21.3. The third-order valence-corrected chi connectivity index (χ3v) is 23.9. The second-order valence-corrected chi connectivity index (χ2v) is 30.0. The van der Waals surface area contributed by atoms with Crippen LogP contribution < -0.4 is 0 Å². The highest BCUT2D eigenvalue weighted by atomic mass is 32.1. The van der Waals surface area contributed by atoms with Crippen LogP contribution in [0.5, 0.6) is 0 Å². The first-order valence-electron chi connectivity index (χ1n) is 35.0. The van der Waals surface area contributed by atoms with Crippen molar-refractivity contribution in [3.05, 3.63) is 85.8 Å². The van der Waals surface area contributed by atoms with Gasteiger partial charge in [-0.2, -0.15) is 17.5 Å². The van der Waals surface area contributed by atoms with Gasteiger partial charge in [-0.25, -0.2) is 0 Å². The number of aryl methyl sites for hydroxylation is 2. The van der Waals surface area contributed by atoms with Crippen LogP contribution in [0.3, 0.4) is 0 Å². The molecule has 0 radical (unpaired) electrons. The molecular formula is C76H106N4S4. The minimum Gasteiger partial charge on any atom is -0.173 e. The highest BCUT2D eigenvalue weighted by molar-refractivity contribution is 7.24. The van der Waals surface area contributed by atoms with Gasteiger partial charge in [-0.1, -0.05) is 246 Å². The van der Waals surface area contributed by atoms with E-state index in [1.54, 1.807) is 33.4 Å². The van der Waals surface area contributed by atoms with Crippen molar-refractivity contribution < 1.29 is 0 Å². The molecule has 0 atom stereocenters. The summed E-state index contributed by atoms with van der Waals surface area (Å²) in [6, 6.07) is 16.2. The smallest absolute Gasteiger partial charge is 0.114 e. The lowest BCUT2D eigenvalue weighted by Gasteiger charge is -2.35. The molecule has 0 N–H and O–H groups in total. The van der Waals surface area contributed by atoms with Crippen LogP contribution in [-0.4, -0.2) is 17.5 Å². The van der Waals surface area contributed by atoms with Crippen LogP contribution in [0.2, 0.25) is 0 Å². The summed E-state index contributed by atoms with van der Waals surface area (Å²) in [5.74, 6) is 0. The summed E-state index contributed by atoms with van der Waals surface area (Å²) in [4.78, 5) is 5.83. The lowest BCUT2D eigenvalue weighted by atomic mass is 9.68. The van der Waals surface area contributed by atoms with Gasteiger partial charge in [-0.3, -0.25) is 0 Å². The van der Waals surface area contributed by atoms with Gasteiger partial charge in [-0.15, -0.1) is 22.7 Å². The summed E-state index contributed by atoms with van der Waals surface area (Å²) in [7, 11) is 0. The molecule has 3 aliphatic carbocycles. The van der Waals surface area contributed by atoms with Crippen molar-refractivity contribution in [2.24, 2.45) is 0 Å². The Hall–Kier alpha value is -3.56. The van der Waals surface area contributed by atoms with Gasteiger partial charge >= 0.3 is 0 Å². The lowest BCUT2D eigenvalue weighted by Crippen LogP contribution is -2.27. The quantitative estimate of drug-likeness (QED) is 0.0360. The van der Waals surface area contributed by atoms with Gasteiger partial charge < -0.3 is 0 Å². The minimum absolute atomic E-state index is 0.0757. The Morgan fingerprint density at radius 2 is 0.714 bits per heavy atom. The van der Waals surface area contributed by atoms with Crippen molar-refractivity contribution in [1.29, 1.82) is 0 Å². The first kappa shape index (κ1) is 63.5. The van der Waals surface area contributed by atoms with Crippen molar-refractivity contribution in [3.8, 4) is 42.4 Å². The highest BCUT2D eigenvalue weighted by Gasteiger charge is 2.50. The molecule has 4 aromatic heterocycles. The molecule has 0 spiro atoms. The third kappa shape index (κ3) is 13.2. The van der Waals surface area contributed by atoms with Gasteiger partial charge in [0, 0.05) is 48.4 Å². The van der Waals surface area contributed by atoms with E-state index in [0.29, 0.717) is 0 Å². The van der Waals surface area contributed by atoms with Crippen LogP contribution in [-0.2, 0) is 10.8 Å². The number of allylic oxidation sites excluding steroid dienone is 1. The lowest BCUT2D eigenvalue weighted by molar-refractivity contribution is 0.394. The molecule has 10 rings (SSSR count). The fraction of sp³-hybridized carbons (Fsp3) is 0.632. The molecule has 0 fully saturated rings. The molecular weight excluding hydrogens is 1100 g/mol. The summed E-state index contributed by atoms with van der Waals surface area (Å²) in [5.41, 5.74) is 25.3. The summed E-state index contributed by atoms with van der Waals surface area (Å²) in [5, 5.41) is 0. The van der Waals surface area contributed by atoms with Gasteiger partial charge in [0.25, 0.3) is 0 Å². The molecule has 7 aromatic rings. The molecule has 0 bridgehead atoms. The Labute approximate surface area is 526 Å². The molecule has 84 heavy (non-hydrogen) atoms. The Morgan fingerprint density at radius 3 is 1.19 bits per heavy atom. The molecule has 454 valence electrons. The number of nitrogens with zero attached hydrogens (tertiary/aromatic N) is 4. The zero-order valence-corrected chi connectivity index (χ0v) is 57.0. The number of rotatable bonds is 39. The van der Waals surface area contributed by atoms with E-state index < -0.39 is 0 Å². The average molecular weight is 1200 g/mol. The van der Waals surface area contributed by atoms with E-state index in [0.717, 1.165) is 22.1 Å². The van der Waals surface area contributed by atoms with E-state index >= 15 is 0 Å². The number of unbranched alkanes of at least 4 members (excludes halogenated alkanes) is 26. The first-order chi connectivity index (χ1) is 41.3. The van der Waals surface area contributed by atoms with Gasteiger partial charge in [0.2, 0.25) is 0 Å². The van der Waals surface area contributed by atoms with Gasteiger partial charge in [0.15, 0.2) is 0 Å². The number of fused-ring (bicyclic) bond motifs is 13. The van der Waals surface area contributed by atoms with E-state index in [1.165, 1.54) is 331 Å². The van der Waals surface area contributed by atoms with Gasteiger partial charge in [-0.05, 0) is 140 Å². The normalized spacial score (nSPS) is 14.3. The monoisotopic (exact) mass is 1200 g/mol. The fourth-order valence-corrected chi connectivity index (χ4v) is 19.5. The highest BCUT2D eigenvalue weighted by Crippen LogP contribution is 2.64. The Balaban J connectivity index is 1.18. The maximum atomic E-state index is 5.54. The number of hydrogen-bond acceptors (Lipinski definition) is 8. The van der Waals surface area contributed by atoms with E-state index in [4.69, 9.17) is 17.5 Å². The largest absolute Gasteiger partial charge is 0.173 e. The maximum absolute atomic E-state index is 5.54. The van der Waals surface area contributed by atoms with E-state index in [2.05, 4.69) is 103 Å². The zero-order valence-electron chi connectivity index (χ0n) is 53.8. The molecule has 0 aliphatic heterocycles. The van der Waals surface area contributed by atoms with Crippen molar-refractivity contribution >= 4 is 73.8 Å². The molecule has 0 saturated carbocycles. The Morgan fingerprint density at radius 1 is 0.345 bits per heavy atom. The first-order valence-corrected chi connectivity index (χ1v) is 38.1. The molecule has 0 unspecified atom stereocenters. The molecule has 3 aliphatic rings.